The van der Waals surface area contributed by atoms with Gasteiger partial charge in [0.1, 0.15) is 11.6 Å². The Morgan fingerprint density at radius 3 is 2.44 bits per heavy atom. The van der Waals surface area contributed by atoms with Crippen molar-refractivity contribution in [1.29, 1.82) is 0 Å². The topological polar surface area (TPSA) is 134 Å². The number of nitrogens with zero attached hydrogens (tertiary/aromatic N) is 1. The van der Waals surface area contributed by atoms with Crippen LogP contribution in [0.1, 0.15) is 45.1 Å². The Kier molecular flexibility index (Phi) is 8.19. The quantitative estimate of drug-likeness (QED) is 0.274. The van der Waals surface area contributed by atoms with Crippen LogP contribution >= 0.6 is 12.6 Å². The molecule has 3 rings (SSSR count). The number of nitrogens with two attached hydrogens (primary N) is 1. The maximum Gasteiger partial charge on any atom is 0.326 e. The van der Waals surface area contributed by atoms with E-state index in [1.54, 1.807) is 24.4 Å². The van der Waals surface area contributed by atoms with Gasteiger partial charge >= 0.3 is 5.97 Å². The minimum Gasteiger partial charge on any atom is -0.480 e. The van der Waals surface area contributed by atoms with Crippen LogP contribution < -0.4 is 16.4 Å². The molecular formula is C25H32N4O4S. The highest BCUT2D eigenvalue weighted by molar-refractivity contribution is 7.81. The second-order valence-electron chi connectivity index (χ2n) is 9.21. The molecule has 1 aromatic carbocycles. The van der Waals surface area contributed by atoms with E-state index in [9.17, 15) is 19.5 Å². The third-order valence-corrected chi connectivity index (χ3v) is 7.04. The number of carboxylic acids is 1. The van der Waals surface area contributed by atoms with Crippen LogP contribution in [0, 0.1) is 5.92 Å². The van der Waals surface area contributed by atoms with Crippen molar-refractivity contribution < 1.29 is 19.5 Å². The average Bonchev–Trinajstić information content (AvgIpc) is 3.28. The van der Waals surface area contributed by atoms with E-state index in [4.69, 9.17) is 5.73 Å². The molecule has 34 heavy (non-hydrogen) atoms. The van der Waals surface area contributed by atoms with Crippen LogP contribution in [0.5, 0.6) is 0 Å². The zero-order valence-electron chi connectivity index (χ0n) is 19.5. The second kappa shape index (κ2) is 10.9. The molecule has 0 bridgehead atoms. The molecule has 1 aliphatic carbocycles. The average molecular weight is 485 g/mol. The maximum atomic E-state index is 13.2. The standard InChI is InChI=1S/C25H32N4O4S/c1-15(2)21(34)22(30)29-25(10-3-4-11-25)24(33)28-20(23(31)32)12-16-8-9-19(27-14-16)17-6-5-7-18(26)13-17/h5-9,13-15,20-21,34H,3-4,10-12,26H2,1-2H3,(H,28,33)(H,29,30)(H,31,32). The summed E-state index contributed by atoms with van der Waals surface area (Å²) in [7, 11) is 0. The number of carbonyl (C=O) groups excluding carboxylic acids is 2. The number of thiol groups is 1. The lowest BCUT2D eigenvalue weighted by Gasteiger charge is -2.32. The summed E-state index contributed by atoms with van der Waals surface area (Å²) >= 11 is 4.36. The summed E-state index contributed by atoms with van der Waals surface area (Å²) in [5.74, 6) is -1.94. The van der Waals surface area contributed by atoms with Gasteiger partial charge in [0.05, 0.1) is 10.9 Å². The number of pyridine rings is 1. The van der Waals surface area contributed by atoms with Crippen molar-refractivity contribution in [3.8, 4) is 11.3 Å². The normalized spacial score (nSPS) is 16.6. The van der Waals surface area contributed by atoms with Crippen LogP contribution in [0.3, 0.4) is 0 Å². The summed E-state index contributed by atoms with van der Waals surface area (Å²) < 4.78 is 0. The van der Waals surface area contributed by atoms with Gasteiger partial charge in [0.2, 0.25) is 11.8 Å². The molecule has 2 unspecified atom stereocenters. The first-order chi connectivity index (χ1) is 16.1. The largest absolute Gasteiger partial charge is 0.480 e. The van der Waals surface area contributed by atoms with E-state index < -0.39 is 28.7 Å². The number of carbonyl (C=O) groups is 3. The first-order valence-electron chi connectivity index (χ1n) is 11.5. The number of nitrogens with one attached hydrogen (secondary N) is 2. The first kappa shape index (κ1) is 25.6. The number of hydrogen-bond acceptors (Lipinski definition) is 6. The lowest BCUT2D eigenvalue weighted by Crippen LogP contribution is -2.61. The SMILES string of the molecule is CC(C)C(S)C(=O)NC1(C(=O)NC(Cc2ccc(-c3cccc(N)c3)nc2)C(=O)O)CCCC1. The Hall–Kier alpha value is -3.07. The van der Waals surface area contributed by atoms with Gasteiger partial charge in [0.15, 0.2) is 0 Å². The summed E-state index contributed by atoms with van der Waals surface area (Å²) in [5, 5.41) is 14.7. The third kappa shape index (κ3) is 6.08. The fourth-order valence-corrected chi connectivity index (χ4v) is 4.21. The minimum absolute atomic E-state index is 0.000542. The first-order valence-corrected chi connectivity index (χ1v) is 12.0. The number of amides is 2. The van der Waals surface area contributed by atoms with Crippen molar-refractivity contribution in [3.63, 3.8) is 0 Å². The molecule has 0 spiro atoms. The number of aromatic nitrogens is 1. The van der Waals surface area contributed by atoms with Crippen LogP contribution in [0.25, 0.3) is 11.3 Å². The van der Waals surface area contributed by atoms with E-state index in [1.807, 2.05) is 32.0 Å². The van der Waals surface area contributed by atoms with Gasteiger partial charge < -0.3 is 21.5 Å². The number of hydrogen-bond donors (Lipinski definition) is 5. The van der Waals surface area contributed by atoms with Gasteiger partial charge in [-0.3, -0.25) is 14.6 Å². The summed E-state index contributed by atoms with van der Waals surface area (Å²) in [4.78, 5) is 42.2. The number of anilines is 1. The molecule has 1 aromatic heterocycles. The van der Waals surface area contributed by atoms with E-state index in [0.717, 1.165) is 18.4 Å². The van der Waals surface area contributed by atoms with Crippen LogP contribution in [0.4, 0.5) is 5.69 Å². The maximum absolute atomic E-state index is 13.2. The molecule has 2 atom stereocenters. The predicted molar refractivity (Wildman–Crippen MR) is 134 cm³/mol. The van der Waals surface area contributed by atoms with Gasteiger partial charge in [-0.1, -0.05) is 44.9 Å². The molecule has 0 radical (unpaired) electrons. The van der Waals surface area contributed by atoms with Crippen LogP contribution in [-0.4, -0.2) is 44.7 Å². The number of aliphatic carboxylic acids is 1. The van der Waals surface area contributed by atoms with Crippen molar-refractivity contribution >= 4 is 36.1 Å². The summed E-state index contributed by atoms with van der Waals surface area (Å²) in [6.45, 7) is 3.76. The molecule has 2 aromatic rings. The van der Waals surface area contributed by atoms with Gasteiger partial charge in [-0.25, -0.2) is 4.79 Å². The van der Waals surface area contributed by atoms with Gasteiger partial charge in [-0.15, -0.1) is 0 Å². The van der Waals surface area contributed by atoms with E-state index in [0.29, 0.717) is 29.8 Å². The number of benzene rings is 1. The summed E-state index contributed by atoms with van der Waals surface area (Å²) in [6.07, 6.45) is 4.15. The molecule has 5 N–H and O–H groups in total. The Morgan fingerprint density at radius 2 is 1.88 bits per heavy atom. The molecule has 1 heterocycles. The van der Waals surface area contributed by atoms with E-state index >= 15 is 0 Å². The van der Waals surface area contributed by atoms with Crippen molar-refractivity contribution in [1.82, 2.24) is 15.6 Å². The van der Waals surface area contributed by atoms with Gasteiger partial charge in [-0.2, -0.15) is 12.6 Å². The fraction of sp³-hybridized carbons (Fsp3) is 0.440. The Labute approximate surface area is 205 Å². The Bertz CT molecular complexity index is 1040. The molecular weight excluding hydrogens is 452 g/mol. The number of rotatable bonds is 9. The molecule has 182 valence electrons. The molecule has 9 heteroatoms. The smallest absolute Gasteiger partial charge is 0.326 e. The lowest BCUT2D eigenvalue weighted by atomic mass is 9.94. The Morgan fingerprint density at radius 1 is 1.18 bits per heavy atom. The van der Waals surface area contributed by atoms with Crippen LogP contribution in [0.15, 0.2) is 42.6 Å². The van der Waals surface area contributed by atoms with E-state index in [-0.39, 0.29) is 18.2 Å². The molecule has 1 fully saturated rings. The monoisotopic (exact) mass is 484 g/mol. The molecule has 0 aliphatic heterocycles. The highest BCUT2D eigenvalue weighted by Gasteiger charge is 2.44. The zero-order valence-corrected chi connectivity index (χ0v) is 20.3. The highest BCUT2D eigenvalue weighted by atomic mass is 32.1. The number of nitrogen functional groups attached to an aromatic ring is 1. The molecule has 1 aliphatic rings. The lowest BCUT2D eigenvalue weighted by molar-refractivity contribution is -0.143. The summed E-state index contributed by atoms with van der Waals surface area (Å²) in [5.41, 5.74) is 7.58. The van der Waals surface area contributed by atoms with Gasteiger partial charge in [0.25, 0.3) is 0 Å². The zero-order chi connectivity index (χ0) is 24.9. The van der Waals surface area contributed by atoms with E-state index in [1.165, 1.54) is 0 Å². The van der Waals surface area contributed by atoms with Crippen molar-refractivity contribution in [2.24, 2.45) is 5.92 Å². The van der Waals surface area contributed by atoms with E-state index in [2.05, 4.69) is 28.2 Å². The second-order valence-corrected chi connectivity index (χ2v) is 9.77. The van der Waals surface area contributed by atoms with Crippen molar-refractivity contribution in [2.45, 2.75) is 62.8 Å². The molecule has 1 saturated carbocycles. The fourth-order valence-electron chi connectivity index (χ4n) is 4.15. The van der Waals surface area contributed by atoms with Crippen LogP contribution in [0.2, 0.25) is 0 Å². The van der Waals surface area contributed by atoms with Gasteiger partial charge in [-0.05, 0) is 42.5 Å². The van der Waals surface area contributed by atoms with Gasteiger partial charge in [0, 0.05) is 23.9 Å². The van der Waals surface area contributed by atoms with Crippen molar-refractivity contribution in [3.05, 3.63) is 48.2 Å². The summed E-state index contributed by atoms with van der Waals surface area (Å²) in [6, 6.07) is 9.76. The van der Waals surface area contributed by atoms with Crippen molar-refractivity contribution in [2.75, 3.05) is 5.73 Å². The molecule has 8 nitrogen and oxygen atoms in total. The highest BCUT2D eigenvalue weighted by Crippen LogP contribution is 2.31. The molecule has 0 saturated heterocycles. The third-order valence-electron chi connectivity index (χ3n) is 6.20. The Balaban J connectivity index is 1.71. The predicted octanol–water partition coefficient (Wildman–Crippen LogP) is 2.83. The van der Waals surface area contributed by atoms with Crippen LogP contribution in [-0.2, 0) is 20.8 Å². The minimum atomic E-state index is -1.15. The molecule has 2 amide bonds. The number of carboxylic acid groups (broad SMARTS) is 1.